The maximum Gasteiger partial charge on any atom is 0.323 e. The van der Waals surface area contributed by atoms with E-state index in [0.717, 1.165) is 13.1 Å². The minimum absolute atomic E-state index is 0.100. The number of halogens is 2. The first kappa shape index (κ1) is 14.8. The van der Waals surface area contributed by atoms with Crippen molar-refractivity contribution < 1.29 is 0 Å². The number of nitrogens with zero attached hydrogens (tertiary/aromatic N) is 2. The molecule has 5 heteroatoms. The maximum atomic E-state index is 6.92. The van der Waals surface area contributed by atoms with Gasteiger partial charge < -0.3 is 0 Å². The molecule has 0 amide bonds. The molecule has 0 saturated carbocycles. The van der Waals surface area contributed by atoms with E-state index in [-0.39, 0.29) is 11.1 Å². The maximum absolute atomic E-state index is 6.92. The summed E-state index contributed by atoms with van der Waals surface area (Å²) in [5, 5.41) is 0. The molecule has 1 saturated heterocycles. The third kappa shape index (κ3) is 2.59. The highest BCUT2D eigenvalue weighted by Crippen LogP contribution is 2.37. The van der Waals surface area contributed by atoms with Crippen molar-refractivity contribution in [1.29, 1.82) is 0 Å². The first-order valence-electron chi connectivity index (χ1n) is 5.84. The summed E-state index contributed by atoms with van der Waals surface area (Å²) in [6, 6.07) is 0. The fraction of sp³-hybridized carbons (Fsp3) is 1.00. The van der Waals surface area contributed by atoms with E-state index in [1.54, 1.807) is 0 Å². The van der Waals surface area contributed by atoms with Crippen molar-refractivity contribution in [2.75, 3.05) is 18.6 Å². The first-order valence-corrected chi connectivity index (χ1v) is 9.48. The van der Waals surface area contributed by atoms with Gasteiger partial charge in [-0.05, 0) is 41.5 Å². The quantitative estimate of drug-likeness (QED) is 0.414. The van der Waals surface area contributed by atoms with Crippen molar-refractivity contribution in [3.8, 4) is 0 Å². The molecule has 0 aliphatic carbocycles. The van der Waals surface area contributed by atoms with E-state index in [4.69, 9.17) is 22.7 Å². The van der Waals surface area contributed by atoms with Crippen LogP contribution in [0.1, 0.15) is 41.5 Å². The Labute approximate surface area is 111 Å². The number of hydrogen-bond donors (Lipinski definition) is 0. The van der Waals surface area contributed by atoms with E-state index in [1.807, 2.05) is 0 Å². The fourth-order valence-corrected chi connectivity index (χ4v) is 8.95. The van der Waals surface area contributed by atoms with Crippen LogP contribution in [0, 0.1) is 0 Å². The molecule has 1 aliphatic rings. The van der Waals surface area contributed by atoms with E-state index in [0.29, 0.717) is 5.50 Å². The van der Waals surface area contributed by atoms with Crippen LogP contribution in [-0.2, 0) is 0 Å². The molecule has 1 aliphatic heterocycles. The summed E-state index contributed by atoms with van der Waals surface area (Å²) in [4.78, 5) is 0. The zero-order chi connectivity index (χ0) is 12.8. The summed E-state index contributed by atoms with van der Waals surface area (Å²) < 4.78 is 4.86. The van der Waals surface area contributed by atoms with Gasteiger partial charge in [0.05, 0.1) is 5.50 Å². The highest BCUT2D eigenvalue weighted by molar-refractivity contribution is 7.19. The molecule has 0 aromatic carbocycles. The lowest BCUT2D eigenvalue weighted by molar-refractivity contribution is 0.262. The Bertz CT molecular complexity index is 236. The van der Waals surface area contributed by atoms with Gasteiger partial charge in [0.15, 0.2) is 0 Å². The summed E-state index contributed by atoms with van der Waals surface area (Å²) in [6.07, 6.45) is 0. The molecule has 0 spiro atoms. The van der Waals surface area contributed by atoms with E-state index in [9.17, 15) is 0 Å². The van der Waals surface area contributed by atoms with Crippen molar-refractivity contribution in [2.45, 2.75) is 52.6 Å². The lowest BCUT2D eigenvalue weighted by Crippen LogP contribution is -2.65. The first-order chi connectivity index (χ1) is 7.03. The molecule has 96 valence electrons. The fourth-order valence-electron chi connectivity index (χ4n) is 2.53. The SMILES string of the molecule is CC(C)(C)N1CCN(C(C)(C)C)[Si]1(Cl)CCl. The summed E-state index contributed by atoms with van der Waals surface area (Å²) >= 11 is 13.1. The monoisotopic (exact) mass is 282 g/mol. The van der Waals surface area contributed by atoms with Crippen molar-refractivity contribution in [2.24, 2.45) is 0 Å². The normalized spacial score (nSPS) is 24.0. The number of rotatable bonds is 1. The van der Waals surface area contributed by atoms with Crippen LogP contribution >= 0.6 is 22.7 Å². The van der Waals surface area contributed by atoms with Crippen LogP contribution in [0.4, 0.5) is 0 Å². The van der Waals surface area contributed by atoms with Crippen LogP contribution in [0.3, 0.4) is 0 Å². The van der Waals surface area contributed by atoms with Gasteiger partial charge in [0.2, 0.25) is 0 Å². The van der Waals surface area contributed by atoms with E-state index < -0.39 is 7.71 Å². The molecule has 0 atom stereocenters. The van der Waals surface area contributed by atoms with Crippen LogP contribution < -0.4 is 0 Å². The van der Waals surface area contributed by atoms with Crippen LogP contribution in [0.5, 0.6) is 0 Å². The average molecular weight is 283 g/mol. The van der Waals surface area contributed by atoms with Crippen LogP contribution in [-0.4, -0.2) is 46.5 Å². The summed E-state index contributed by atoms with van der Waals surface area (Å²) in [5.41, 5.74) is 0.759. The molecule has 16 heavy (non-hydrogen) atoms. The van der Waals surface area contributed by atoms with Crippen LogP contribution in [0.15, 0.2) is 0 Å². The largest absolute Gasteiger partial charge is 0.323 e. The second-order valence-electron chi connectivity index (χ2n) is 6.50. The minimum Gasteiger partial charge on any atom is -0.293 e. The lowest BCUT2D eigenvalue weighted by atomic mass is 10.1. The highest BCUT2D eigenvalue weighted by Gasteiger charge is 2.55. The van der Waals surface area contributed by atoms with Gasteiger partial charge in [0.25, 0.3) is 0 Å². The predicted molar refractivity (Wildman–Crippen MR) is 75.2 cm³/mol. The van der Waals surface area contributed by atoms with Crippen molar-refractivity contribution in [3.05, 3.63) is 0 Å². The summed E-state index contributed by atoms with van der Waals surface area (Å²) in [6.45, 7) is 15.4. The average Bonchev–Trinajstić information content (AvgIpc) is 2.42. The van der Waals surface area contributed by atoms with E-state index >= 15 is 0 Å². The van der Waals surface area contributed by atoms with E-state index in [1.165, 1.54) is 0 Å². The van der Waals surface area contributed by atoms with Crippen LogP contribution in [0.2, 0.25) is 0 Å². The standard InChI is InChI=1S/C11H24Cl2N2Si/c1-10(2,3)14-7-8-15(11(4,5)6)16(14,13)9-12/h7-9H2,1-6H3. The van der Waals surface area contributed by atoms with Gasteiger partial charge in [-0.3, -0.25) is 9.13 Å². The van der Waals surface area contributed by atoms with Gasteiger partial charge in [-0.1, -0.05) is 0 Å². The molecule has 0 radical (unpaired) electrons. The molecule has 0 N–H and O–H groups in total. The summed E-state index contributed by atoms with van der Waals surface area (Å²) in [5.74, 6) is 0. The molecule has 0 bridgehead atoms. The predicted octanol–water partition coefficient (Wildman–Crippen LogP) is 3.16. The Morgan fingerprint density at radius 3 is 1.44 bits per heavy atom. The van der Waals surface area contributed by atoms with Gasteiger partial charge >= 0.3 is 7.71 Å². The highest BCUT2D eigenvalue weighted by atomic mass is 35.6. The zero-order valence-electron chi connectivity index (χ0n) is 11.3. The van der Waals surface area contributed by atoms with Gasteiger partial charge in [0, 0.05) is 24.2 Å². The van der Waals surface area contributed by atoms with Crippen LogP contribution in [0.25, 0.3) is 0 Å². The number of hydrogen-bond acceptors (Lipinski definition) is 2. The second kappa shape index (κ2) is 4.43. The summed E-state index contributed by atoms with van der Waals surface area (Å²) in [7, 11) is -2.19. The minimum atomic E-state index is -2.19. The number of alkyl halides is 1. The Morgan fingerprint density at radius 1 is 0.938 bits per heavy atom. The molecule has 0 unspecified atom stereocenters. The van der Waals surface area contributed by atoms with Gasteiger partial charge in [-0.2, -0.15) is 0 Å². The third-order valence-electron chi connectivity index (χ3n) is 3.16. The Morgan fingerprint density at radius 2 is 1.25 bits per heavy atom. The Kier molecular flexibility index (Phi) is 4.09. The third-order valence-corrected chi connectivity index (χ3v) is 10.1. The lowest BCUT2D eigenvalue weighted by Gasteiger charge is -2.46. The van der Waals surface area contributed by atoms with Crippen molar-refractivity contribution in [3.63, 3.8) is 0 Å². The Balaban J connectivity index is 3.05. The zero-order valence-corrected chi connectivity index (χ0v) is 13.8. The molecular formula is C11H24Cl2N2Si. The molecule has 0 aromatic heterocycles. The topological polar surface area (TPSA) is 6.48 Å². The van der Waals surface area contributed by atoms with Gasteiger partial charge in [-0.25, -0.2) is 0 Å². The molecule has 1 heterocycles. The smallest absolute Gasteiger partial charge is 0.293 e. The molecule has 2 nitrogen and oxygen atoms in total. The molecule has 0 aromatic rings. The Hall–Kier alpha value is 0.717. The molecular weight excluding hydrogens is 259 g/mol. The van der Waals surface area contributed by atoms with Crippen molar-refractivity contribution in [1.82, 2.24) is 9.13 Å². The van der Waals surface area contributed by atoms with Gasteiger partial charge in [-0.15, -0.1) is 22.7 Å². The second-order valence-corrected chi connectivity index (χ2v) is 11.9. The molecule has 1 rings (SSSR count). The van der Waals surface area contributed by atoms with Gasteiger partial charge in [0.1, 0.15) is 0 Å². The van der Waals surface area contributed by atoms with E-state index in [2.05, 4.69) is 50.7 Å². The van der Waals surface area contributed by atoms with Crippen molar-refractivity contribution >= 4 is 30.4 Å². The molecule has 1 fully saturated rings.